The third-order valence-electron chi connectivity index (χ3n) is 5.04. The molecule has 1 fully saturated rings. The summed E-state index contributed by atoms with van der Waals surface area (Å²) >= 11 is 1.60. The third kappa shape index (κ3) is 3.50. The minimum atomic E-state index is 0.0105. The van der Waals surface area contributed by atoms with Crippen molar-refractivity contribution in [3.63, 3.8) is 0 Å². The van der Waals surface area contributed by atoms with Crippen molar-refractivity contribution in [2.45, 2.75) is 32.2 Å². The van der Waals surface area contributed by atoms with Gasteiger partial charge in [-0.1, -0.05) is 0 Å². The smallest absolute Gasteiger partial charge is 0.225 e. The van der Waals surface area contributed by atoms with Crippen molar-refractivity contribution in [3.8, 4) is 0 Å². The fourth-order valence-corrected chi connectivity index (χ4v) is 4.49. The molecule has 26 heavy (non-hydrogen) atoms. The van der Waals surface area contributed by atoms with Gasteiger partial charge in [0, 0.05) is 55.9 Å². The number of carbonyl (C=O) groups excluding carboxylic acids is 1. The highest BCUT2D eigenvalue weighted by molar-refractivity contribution is 7.15. The van der Waals surface area contributed by atoms with Gasteiger partial charge in [-0.3, -0.25) is 19.6 Å². The highest BCUT2D eigenvalue weighted by atomic mass is 32.1. The standard InChI is InChI=1S/C19H23N5OS/c1-13(25)23(2)19-21-10-15(26-19)12-24-8-4-5-14(11-24)17-9-18-16(22-17)6-3-7-20-18/h3,6-7,9-10,14,22H,4-5,8,11-12H2,1-2H3. The van der Waals surface area contributed by atoms with Crippen LogP contribution in [0.2, 0.25) is 0 Å². The zero-order valence-corrected chi connectivity index (χ0v) is 15.9. The molecule has 0 aromatic carbocycles. The molecule has 1 amide bonds. The molecule has 1 N–H and O–H groups in total. The molecule has 1 aliphatic rings. The van der Waals surface area contributed by atoms with Gasteiger partial charge in [0.25, 0.3) is 0 Å². The van der Waals surface area contributed by atoms with Crippen LogP contribution < -0.4 is 4.90 Å². The van der Waals surface area contributed by atoms with E-state index in [-0.39, 0.29) is 5.91 Å². The number of nitrogens with zero attached hydrogens (tertiary/aromatic N) is 4. The summed E-state index contributed by atoms with van der Waals surface area (Å²) in [7, 11) is 1.77. The number of rotatable bonds is 4. The van der Waals surface area contributed by atoms with Gasteiger partial charge in [0.05, 0.1) is 11.0 Å². The summed E-state index contributed by atoms with van der Waals surface area (Å²) in [6.45, 7) is 4.58. The average Bonchev–Trinajstić information content (AvgIpc) is 3.28. The molecular formula is C19H23N5OS. The Kier molecular flexibility index (Phi) is 4.74. The zero-order valence-electron chi connectivity index (χ0n) is 15.1. The van der Waals surface area contributed by atoms with E-state index in [4.69, 9.17) is 0 Å². The van der Waals surface area contributed by atoms with Crippen LogP contribution in [-0.4, -0.2) is 45.9 Å². The molecule has 0 bridgehead atoms. The lowest BCUT2D eigenvalue weighted by Crippen LogP contribution is -2.33. The fourth-order valence-electron chi connectivity index (χ4n) is 3.53. The first kappa shape index (κ1) is 17.2. The van der Waals surface area contributed by atoms with Crippen LogP contribution >= 0.6 is 11.3 Å². The Bertz CT molecular complexity index is 884. The Morgan fingerprint density at radius 1 is 1.46 bits per heavy atom. The number of likely N-dealkylation sites (tertiary alicyclic amines) is 1. The molecule has 6 nitrogen and oxygen atoms in total. The van der Waals surface area contributed by atoms with Gasteiger partial charge in [0.2, 0.25) is 5.91 Å². The van der Waals surface area contributed by atoms with E-state index in [1.165, 1.54) is 23.4 Å². The van der Waals surface area contributed by atoms with Gasteiger partial charge in [-0.15, -0.1) is 11.3 Å². The van der Waals surface area contributed by atoms with E-state index in [9.17, 15) is 4.79 Å². The molecule has 0 radical (unpaired) electrons. The van der Waals surface area contributed by atoms with Crippen molar-refractivity contribution in [3.05, 3.63) is 41.2 Å². The van der Waals surface area contributed by atoms with Crippen LogP contribution in [0.15, 0.2) is 30.6 Å². The maximum atomic E-state index is 11.5. The number of anilines is 1. The number of pyridine rings is 1. The van der Waals surface area contributed by atoms with Gasteiger partial charge in [0.1, 0.15) is 0 Å². The van der Waals surface area contributed by atoms with Crippen LogP contribution in [-0.2, 0) is 11.3 Å². The number of nitrogens with one attached hydrogen (secondary N) is 1. The maximum Gasteiger partial charge on any atom is 0.225 e. The number of hydrogen-bond donors (Lipinski definition) is 1. The molecule has 0 aliphatic carbocycles. The number of aromatic nitrogens is 3. The summed E-state index contributed by atoms with van der Waals surface area (Å²) in [6, 6.07) is 6.24. The van der Waals surface area contributed by atoms with Crippen molar-refractivity contribution in [2.24, 2.45) is 0 Å². The quantitative estimate of drug-likeness (QED) is 0.766. The second kappa shape index (κ2) is 7.17. The van der Waals surface area contributed by atoms with Crippen LogP contribution in [0.3, 0.4) is 0 Å². The number of aromatic amines is 1. The molecule has 4 rings (SSSR count). The highest BCUT2D eigenvalue weighted by Crippen LogP contribution is 2.30. The van der Waals surface area contributed by atoms with E-state index >= 15 is 0 Å². The fraction of sp³-hybridized carbons (Fsp3) is 0.421. The van der Waals surface area contributed by atoms with Crippen LogP contribution in [0.25, 0.3) is 11.0 Å². The number of hydrogen-bond acceptors (Lipinski definition) is 5. The Hall–Kier alpha value is -2.25. The normalized spacial score (nSPS) is 18.3. The van der Waals surface area contributed by atoms with Gasteiger partial charge >= 0.3 is 0 Å². The minimum Gasteiger partial charge on any atom is -0.357 e. The lowest BCUT2D eigenvalue weighted by molar-refractivity contribution is -0.116. The molecule has 1 saturated heterocycles. The summed E-state index contributed by atoms with van der Waals surface area (Å²) in [5.41, 5.74) is 3.43. The second-order valence-corrected chi connectivity index (χ2v) is 8.02. The summed E-state index contributed by atoms with van der Waals surface area (Å²) < 4.78 is 0. The van der Waals surface area contributed by atoms with Crippen molar-refractivity contribution in [1.82, 2.24) is 19.9 Å². The van der Waals surface area contributed by atoms with Gasteiger partial charge in [0.15, 0.2) is 5.13 Å². The van der Waals surface area contributed by atoms with Gasteiger partial charge in [-0.25, -0.2) is 4.98 Å². The highest BCUT2D eigenvalue weighted by Gasteiger charge is 2.23. The summed E-state index contributed by atoms with van der Waals surface area (Å²) in [5.74, 6) is 0.515. The van der Waals surface area contributed by atoms with E-state index in [0.717, 1.165) is 35.8 Å². The van der Waals surface area contributed by atoms with Crippen LogP contribution in [0.4, 0.5) is 5.13 Å². The summed E-state index contributed by atoms with van der Waals surface area (Å²) in [6.07, 6.45) is 6.12. The molecule has 1 aliphatic heterocycles. The first-order chi connectivity index (χ1) is 12.6. The molecule has 0 saturated carbocycles. The average molecular weight is 369 g/mol. The maximum absolute atomic E-state index is 11.5. The molecule has 7 heteroatoms. The molecule has 3 aromatic rings. The molecule has 4 heterocycles. The van der Waals surface area contributed by atoms with Crippen LogP contribution in [0, 0.1) is 0 Å². The van der Waals surface area contributed by atoms with Gasteiger partial charge in [-0.2, -0.15) is 0 Å². The SMILES string of the molecule is CC(=O)N(C)c1ncc(CN2CCCC(c3cc4ncccc4[nH]3)C2)s1. The molecule has 3 aromatic heterocycles. The van der Waals surface area contributed by atoms with E-state index < -0.39 is 0 Å². The summed E-state index contributed by atoms with van der Waals surface area (Å²) in [5, 5.41) is 0.766. The summed E-state index contributed by atoms with van der Waals surface area (Å²) in [4.78, 5) is 29.1. The van der Waals surface area contributed by atoms with Crippen molar-refractivity contribution < 1.29 is 4.79 Å². The number of thiazole rings is 1. The molecule has 0 spiro atoms. The molecule has 136 valence electrons. The molecular weight excluding hydrogens is 346 g/mol. The predicted octanol–water partition coefficient (Wildman–Crippen LogP) is 3.38. The van der Waals surface area contributed by atoms with Crippen LogP contribution in [0.1, 0.15) is 36.3 Å². The first-order valence-corrected chi connectivity index (χ1v) is 9.77. The Balaban J connectivity index is 1.44. The minimum absolute atomic E-state index is 0.0105. The number of amides is 1. The van der Waals surface area contributed by atoms with Crippen molar-refractivity contribution in [1.29, 1.82) is 0 Å². The zero-order chi connectivity index (χ0) is 18.1. The Labute approximate surface area is 156 Å². The molecule has 1 atom stereocenters. The second-order valence-electron chi connectivity index (χ2n) is 6.92. The van der Waals surface area contributed by atoms with E-state index in [1.807, 2.05) is 18.5 Å². The Morgan fingerprint density at radius 2 is 2.35 bits per heavy atom. The van der Waals surface area contributed by atoms with E-state index in [1.54, 1.807) is 30.2 Å². The number of piperidine rings is 1. The third-order valence-corrected chi connectivity index (χ3v) is 6.09. The Morgan fingerprint density at radius 3 is 3.15 bits per heavy atom. The van der Waals surface area contributed by atoms with Crippen molar-refractivity contribution >= 4 is 33.4 Å². The molecule has 1 unspecified atom stereocenters. The lowest BCUT2D eigenvalue weighted by Gasteiger charge is -2.31. The van der Waals surface area contributed by atoms with E-state index in [2.05, 4.69) is 32.0 Å². The largest absolute Gasteiger partial charge is 0.357 e. The lowest BCUT2D eigenvalue weighted by atomic mass is 9.95. The van der Waals surface area contributed by atoms with Crippen LogP contribution in [0.5, 0.6) is 0 Å². The van der Waals surface area contributed by atoms with Gasteiger partial charge in [-0.05, 0) is 37.6 Å². The number of H-pyrrole nitrogens is 1. The van der Waals surface area contributed by atoms with Gasteiger partial charge < -0.3 is 4.98 Å². The number of carbonyl (C=O) groups is 1. The predicted molar refractivity (Wildman–Crippen MR) is 105 cm³/mol. The monoisotopic (exact) mass is 369 g/mol. The first-order valence-electron chi connectivity index (χ1n) is 8.95. The topological polar surface area (TPSA) is 65.1 Å². The van der Waals surface area contributed by atoms with Crippen molar-refractivity contribution in [2.75, 3.05) is 25.0 Å². The van der Waals surface area contributed by atoms with E-state index in [0.29, 0.717) is 5.92 Å². The number of fused-ring (bicyclic) bond motifs is 1.